The van der Waals surface area contributed by atoms with E-state index < -0.39 is 5.97 Å². The summed E-state index contributed by atoms with van der Waals surface area (Å²) in [5.41, 5.74) is 2.67. The molecule has 0 saturated heterocycles. The van der Waals surface area contributed by atoms with Crippen molar-refractivity contribution in [3.05, 3.63) is 34.9 Å². The Morgan fingerprint density at radius 2 is 1.95 bits per heavy atom. The average Bonchev–Trinajstić information content (AvgIpc) is 2.76. The zero-order chi connectivity index (χ0) is 14.1. The second-order valence-electron chi connectivity index (χ2n) is 6.12. The lowest BCUT2D eigenvalue weighted by Gasteiger charge is -2.27. The smallest absolute Gasteiger partial charge is 0.307 e. The van der Waals surface area contributed by atoms with E-state index in [4.69, 9.17) is 5.11 Å². The fraction of sp³-hybridized carbons (Fsp3) is 0.529. The molecule has 0 aliphatic heterocycles. The van der Waals surface area contributed by atoms with Crippen LogP contribution < -0.4 is 0 Å². The predicted octanol–water partition coefficient (Wildman–Crippen LogP) is 3.56. The van der Waals surface area contributed by atoms with Crippen molar-refractivity contribution in [3.63, 3.8) is 0 Å². The minimum absolute atomic E-state index is 0.00530. The summed E-state index contributed by atoms with van der Waals surface area (Å²) in [6, 6.07) is 5.67. The molecule has 0 spiro atoms. The topological polar surface area (TPSA) is 54.4 Å². The molecule has 1 N–H and O–H groups in total. The molecule has 1 aromatic rings. The first-order valence-electron chi connectivity index (χ1n) is 7.53. The van der Waals surface area contributed by atoms with Crippen LogP contribution in [0.15, 0.2) is 18.2 Å². The highest BCUT2D eigenvalue weighted by Gasteiger charge is 2.35. The summed E-state index contributed by atoms with van der Waals surface area (Å²) in [5, 5.41) is 8.85. The molecule has 3 rings (SSSR count). The van der Waals surface area contributed by atoms with Crippen LogP contribution in [-0.2, 0) is 11.2 Å². The van der Waals surface area contributed by atoms with E-state index in [1.165, 1.54) is 32.1 Å². The van der Waals surface area contributed by atoms with Gasteiger partial charge >= 0.3 is 5.97 Å². The highest BCUT2D eigenvalue weighted by Crippen LogP contribution is 2.44. The molecule has 1 saturated carbocycles. The normalized spacial score (nSPS) is 22.8. The van der Waals surface area contributed by atoms with Crippen LogP contribution in [0.4, 0.5) is 0 Å². The second-order valence-corrected chi connectivity index (χ2v) is 6.12. The Balaban J connectivity index is 1.87. The summed E-state index contributed by atoms with van der Waals surface area (Å²) in [6.45, 7) is 0. The average molecular weight is 272 g/mol. The molecule has 1 fully saturated rings. The first kappa shape index (κ1) is 13.3. The molecule has 0 bridgehead atoms. The number of carboxylic acid groups (broad SMARTS) is 1. The zero-order valence-corrected chi connectivity index (χ0v) is 11.6. The molecule has 0 radical (unpaired) electrons. The van der Waals surface area contributed by atoms with E-state index in [0.29, 0.717) is 18.3 Å². The molecule has 3 nitrogen and oxygen atoms in total. The number of Topliss-reactive ketones (excluding diaryl/α,β-unsaturated/α-hetero) is 1. The van der Waals surface area contributed by atoms with Gasteiger partial charge in [0, 0.05) is 12.0 Å². The Labute approximate surface area is 119 Å². The molecule has 1 aromatic carbocycles. The largest absolute Gasteiger partial charge is 0.481 e. The molecule has 20 heavy (non-hydrogen) atoms. The van der Waals surface area contributed by atoms with E-state index in [-0.39, 0.29) is 12.2 Å². The summed E-state index contributed by atoms with van der Waals surface area (Å²) < 4.78 is 0. The van der Waals surface area contributed by atoms with Gasteiger partial charge in [-0.05, 0) is 41.9 Å². The van der Waals surface area contributed by atoms with Gasteiger partial charge in [0.2, 0.25) is 0 Å². The first-order valence-corrected chi connectivity index (χ1v) is 7.53. The van der Waals surface area contributed by atoms with E-state index in [9.17, 15) is 9.59 Å². The van der Waals surface area contributed by atoms with Gasteiger partial charge < -0.3 is 5.11 Å². The SMILES string of the molecule is O=C(O)Cc1ccc2c(c1)C(=O)C[C@@H]2C1CCCCC1. The summed E-state index contributed by atoms with van der Waals surface area (Å²) >= 11 is 0. The maximum Gasteiger partial charge on any atom is 0.307 e. The fourth-order valence-corrected chi connectivity index (χ4v) is 3.83. The second kappa shape index (κ2) is 5.39. The third-order valence-corrected chi connectivity index (χ3v) is 4.80. The Morgan fingerprint density at radius 3 is 2.65 bits per heavy atom. The van der Waals surface area contributed by atoms with Crippen molar-refractivity contribution in [1.82, 2.24) is 0 Å². The number of fused-ring (bicyclic) bond motifs is 1. The number of hydrogen-bond donors (Lipinski definition) is 1. The van der Waals surface area contributed by atoms with Crippen molar-refractivity contribution in [2.24, 2.45) is 5.92 Å². The van der Waals surface area contributed by atoms with Gasteiger partial charge in [0.05, 0.1) is 6.42 Å². The van der Waals surface area contributed by atoms with Gasteiger partial charge in [-0.15, -0.1) is 0 Å². The molecule has 0 amide bonds. The third-order valence-electron chi connectivity index (χ3n) is 4.80. The van der Waals surface area contributed by atoms with Crippen LogP contribution in [0.1, 0.15) is 65.9 Å². The van der Waals surface area contributed by atoms with Crippen LogP contribution in [0.2, 0.25) is 0 Å². The molecule has 1 atom stereocenters. The number of carbonyl (C=O) groups excluding carboxylic acids is 1. The third kappa shape index (κ3) is 2.49. The highest BCUT2D eigenvalue weighted by molar-refractivity contribution is 6.01. The molecule has 3 heteroatoms. The molecule has 106 valence electrons. The first-order chi connectivity index (χ1) is 9.65. The standard InChI is InChI=1S/C17H20O3/c18-16-10-14(12-4-2-1-3-5-12)13-7-6-11(8-15(13)16)9-17(19)20/h6-8,12,14H,1-5,9-10H2,(H,19,20)/t14-/m1/s1. The maximum absolute atomic E-state index is 12.2. The number of rotatable bonds is 3. The van der Waals surface area contributed by atoms with E-state index in [0.717, 1.165) is 16.7 Å². The van der Waals surface area contributed by atoms with Crippen LogP contribution in [0, 0.1) is 5.92 Å². The number of hydrogen-bond acceptors (Lipinski definition) is 2. The van der Waals surface area contributed by atoms with Crippen LogP contribution in [0.3, 0.4) is 0 Å². The number of carbonyl (C=O) groups is 2. The van der Waals surface area contributed by atoms with Gasteiger partial charge in [0.1, 0.15) is 0 Å². The van der Waals surface area contributed by atoms with Gasteiger partial charge in [-0.1, -0.05) is 31.4 Å². The Kier molecular flexibility index (Phi) is 3.60. The van der Waals surface area contributed by atoms with Crippen molar-refractivity contribution in [3.8, 4) is 0 Å². The lowest BCUT2D eigenvalue weighted by atomic mass is 9.77. The number of benzene rings is 1. The Hall–Kier alpha value is -1.64. The van der Waals surface area contributed by atoms with Gasteiger partial charge in [-0.2, -0.15) is 0 Å². The molecular formula is C17H20O3. The number of aliphatic carboxylic acids is 1. The van der Waals surface area contributed by atoms with E-state index in [2.05, 4.69) is 0 Å². The van der Waals surface area contributed by atoms with Crippen molar-refractivity contribution in [1.29, 1.82) is 0 Å². The Bertz CT molecular complexity index is 541. The molecule has 2 aliphatic rings. The molecule has 0 aromatic heterocycles. The predicted molar refractivity (Wildman–Crippen MR) is 76.0 cm³/mol. The molecule has 2 aliphatic carbocycles. The minimum Gasteiger partial charge on any atom is -0.481 e. The summed E-state index contributed by atoms with van der Waals surface area (Å²) in [6.07, 6.45) is 6.96. The maximum atomic E-state index is 12.2. The number of carboxylic acids is 1. The van der Waals surface area contributed by atoms with E-state index in [1.54, 1.807) is 6.07 Å². The molecule has 0 unspecified atom stereocenters. The van der Waals surface area contributed by atoms with Gasteiger partial charge in [0.15, 0.2) is 5.78 Å². The van der Waals surface area contributed by atoms with Crippen molar-refractivity contribution < 1.29 is 14.7 Å². The lowest BCUT2D eigenvalue weighted by Crippen LogP contribution is -2.14. The van der Waals surface area contributed by atoms with Crippen LogP contribution in [0.25, 0.3) is 0 Å². The lowest BCUT2D eigenvalue weighted by molar-refractivity contribution is -0.136. The van der Waals surface area contributed by atoms with Crippen molar-refractivity contribution in [2.75, 3.05) is 0 Å². The van der Waals surface area contributed by atoms with Crippen LogP contribution in [0.5, 0.6) is 0 Å². The van der Waals surface area contributed by atoms with E-state index in [1.807, 2.05) is 12.1 Å². The monoisotopic (exact) mass is 272 g/mol. The number of ketones is 1. The molecule has 0 heterocycles. The van der Waals surface area contributed by atoms with E-state index >= 15 is 0 Å². The minimum atomic E-state index is -0.848. The van der Waals surface area contributed by atoms with Crippen LogP contribution in [-0.4, -0.2) is 16.9 Å². The quantitative estimate of drug-likeness (QED) is 0.915. The highest BCUT2D eigenvalue weighted by atomic mass is 16.4. The van der Waals surface area contributed by atoms with Crippen molar-refractivity contribution >= 4 is 11.8 Å². The van der Waals surface area contributed by atoms with Gasteiger partial charge in [0.25, 0.3) is 0 Å². The summed E-state index contributed by atoms with van der Waals surface area (Å²) in [7, 11) is 0. The van der Waals surface area contributed by atoms with Gasteiger partial charge in [-0.3, -0.25) is 9.59 Å². The molecular weight excluding hydrogens is 252 g/mol. The van der Waals surface area contributed by atoms with Gasteiger partial charge in [-0.25, -0.2) is 0 Å². The van der Waals surface area contributed by atoms with Crippen LogP contribution >= 0.6 is 0 Å². The Morgan fingerprint density at radius 1 is 1.20 bits per heavy atom. The van der Waals surface area contributed by atoms with Crippen molar-refractivity contribution in [2.45, 2.75) is 50.9 Å². The fourth-order valence-electron chi connectivity index (χ4n) is 3.83. The summed E-state index contributed by atoms with van der Waals surface area (Å²) in [4.78, 5) is 23.0. The summed E-state index contributed by atoms with van der Waals surface area (Å²) in [5.74, 6) is 0.359. The zero-order valence-electron chi connectivity index (χ0n) is 11.6.